The second-order valence-corrected chi connectivity index (χ2v) is 16.1. The highest BCUT2D eigenvalue weighted by molar-refractivity contribution is 6.12. The van der Waals surface area contributed by atoms with Crippen LogP contribution in [0, 0.1) is 17.8 Å². The van der Waals surface area contributed by atoms with E-state index in [1.54, 1.807) is 24.5 Å². The van der Waals surface area contributed by atoms with Crippen LogP contribution < -0.4 is 0 Å². The molecule has 1 heterocycles. The van der Waals surface area contributed by atoms with Gasteiger partial charge in [0.1, 0.15) is 24.4 Å². The van der Waals surface area contributed by atoms with Crippen molar-refractivity contribution in [2.45, 2.75) is 147 Å². The van der Waals surface area contributed by atoms with E-state index in [0.717, 1.165) is 68.4 Å². The van der Waals surface area contributed by atoms with Crippen molar-refractivity contribution in [1.29, 1.82) is 0 Å². The average molecular weight is 738 g/mol. The van der Waals surface area contributed by atoms with E-state index >= 15 is 0 Å². The number of carbonyl (C=O) groups excluding carboxylic acids is 4. The van der Waals surface area contributed by atoms with Crippen LogP contribution >= 0.6 is 0 Å². The van der Waals surface area contributed by atoms with E-state index in [9.17, 15) is 19.2 Å². The molecule has 7 rings (SSSR count). The van der Waals surface area contributed by atoms with Crippen molar-refractivity contribution in [1.82, 2.24) is 4.98 Å². The maximum absolute atomic E-state index is 13.8. The average Bonchev–Trinajstić information content (AvgIpc) is 3.22. The van der Waals surface area contributed by atoms with Crippen molar-refractivity contribution in [3.8, 4) is 11.1 Å². The van der Waals surface area contributed by atoms with Crippen LogP contribution in [0.5, 0.6) is 0 Å². The van der Waals surface area contributed by atoms with Crippen LogP contribution in [0.25, 0.3) is 21.9 Å². The van der Waals surface area contributed by atoms with Crippen LogP contribution in [-0.2, 0) is 28.5 Å². The summed E-state index contributed by atoms with van der Waals surface area (Å²) in [7, 11) is 0. The molecule has 1 aromatic heterocycles. The Hall–Kier alpha value is -4.27. The smallest absolute Gasteiger partial charge is 0.339 e. The van der Waals surface area contributed by atoms with Crippen LogP contribution in [0.3, 0.4) is 0 Å². The standard InChI is InChI=1S/C45H55NO8/c1-2-29-8-10-32(11-9-29)43(48)52-35-15-19-37(20-16-35)54-45(50)40-23-22-39(38-21-12-33(28-41(38)40)30-24-26-46-27-25-30)44(49)53-36-17-13-34(14-18-36)51-42(47)31-6-4-3-5-7-31/h12,21-29,31-32,34-37H,2-11,13-20H2,1H3. The number of hydrogen-bond acceptors (Lipinski definition) is 9. The first-order valence-electron chi connectivity index (χ1n) is 20.6. The number of aromatic nitrogens is 1. The van der Waals surface area contributed by atoms with Gasteiger partial charge in [-0.1, -0.05) is 44.7 Å². The molecule has 2 aromatic carbocycles. The Balaban J connectivity index is 0.986. The Labute approximate surface area is 318 Å². The Bertz CT molecular complexity index is 1760. The summed E-state index contributed by atoms with van der Waals surface area (Å²) in [5.41, 5.74) is 2.59. The largest absolute Gasteiger partial charge is 0.462 e. The van der Waals surface area contributed by atoms with Crippen LogP contribution in [0.15, 0.2) is 54.9 Å². The molecule has 0 N–H and O–H groups in total. The molecule has 3 aromatic rings. The molecule has 4 saturated carbocycles. The predicted molar refractivity (Wildman–Crippen MR) is 205 cm³/mol. The summed E-state index contributed by atoms with van der Waals surface area (Å²) in [6.07, 6.45) is 18.2. The van der Waals surface area contributed by atoms with Gasteiger partial charge in [-0.15, -0.1) is 0 Å². The molecule has 54 heavy (non-hydrogen) atoms. The number of benzene rings is 2. The van der Waals surface area contributed by atoms with Gasteiger partial charge in [0.15, 0.2) is 0 Å². The van der Waals surface area contributed by atoms with Gasteiger partial charge in [0, 0.05) is 12.4 Å². The molecule has 0 spiro atoms. The van der Waals surface area contributed by atoms with E-state index in [-0.39, 0.29) is 48.2 Å². The fourth-order valence-corrected chi connectivity index (χ4v) is 9.06. The number of nitrogens with zero attached hydrogens (tertiary/aromatic N) is 1. The molecule has 0 amide bonds. The summed E-state index contributed by atoms with van der Waals surface area (Å²) in [5.74, 6) is -0.266. The van der Waals surface area contributed by atoms with Crippen molar-refractivity contribution >= 4 is 34.6 Å². The van der Waals surface area contributed by atoms with Gasteiger partial charge in [-0.2, -0.15) is 0 Å². The first kappa shape index (κ1) is 38.0. The number of fused-ring (bicyclic) bond motifs is 1. The SMILES string of the molecule is CCC1CCC(C(=O)OC2CCC(OC(=O)c3ccc(C(=O)OC4CCC(OC(=O)C5CCCCC5)CC4)c4ccc(-c5ccncc5)cc34)CC2)CC1. The van der Waals surface area contributed by atoms with E-state index in [4.69, 9.17) is 18.9 Å². The molecule has 0 radical (unpaired) electrons. The highest BCUT2D eigenvalue weighted by atomic mass is 16.6. The molecule has 4 aliphatic carbocycles. The number of hydrogen-bond donors (Lipinski definition) is 0. The fraction of sp³-hybridized carbons (Fsp3) is 0.578. The normalized spacial score (nSPS) is 26.4. The van der Waals surface area contributed by atoms with Gasteiger partial charge < -0.3 is 18.9 Å². The summed E-state index contributed by atoms with van der Waals surface area (Å²) >= 11 is 0. The van der Waals surface area contributed by atoms with Crippen molar-refractivity contribution in [2.75, 3.05) is 0 Å². The topological polar surface area (TPSA) is 118 Å². The van der Waals surface area contributed by atoms with Crippen molar-refractivity contribution in [3.05, 3.63) is 66.0 Å². The van der Waals surface area contributed by atoms with Gasteiger partial charge in [0.05, 0.1) is 23.0 Å². The Morgan fingerprint density at radius 2 is 1.00 bits per heavy atom. The minimum Gasteiger partial charge on any atom is -0.462 e. The van der Waals surface area contributed by atoms with Crippen LogP contribution in [0.2, 0.25) is 0 Å². The maximum atomic E-state index is 13.8. The number of rotatable bonds is 10. The molecular formula is C45H55NO8. The van der Waals surface area contributed by atoms with E-state index in [1.165, 1.54) is 12.8 Å². The highest BCUT2D eigenvalue weighted by Crippen LogP contribution is 2.35. The van der Waals surface area contributed by atoms with Crippen LogP contribution in [0.1, 0.15) is 143 Å². The molecular weight excluding hydrogens is 682 g/mol. The van der Waals surface area contributed by atoms with E-state index in [2.05, 4.69) is 11.9 Å². The van der Waals surface area contributed by atoms with Gasteiger partial charge in [-0.05, 0) is 148 Å². The first-order chi connectivity index (χ1) is 26.3. The van der Waals surface area contributed by atoms with Gasteiger partial charge in [0.25, 0.3) is 0 Å². The van der Waals surface area contributed by atoms with Gasteiger partial charge in [0.2, 0.25) is 0 Å². The Kier molecular flexibility index (Phi) is 12.6. The van der Waals surface area contributed by atoms with Crippen LogP contribution in [0.4, 0.5) is 0 Å². The zero-order valence-corrected chi connectivity index (χ0v) is 31.7. The van der Waals surface area contributed by atoms with E-state index in [0.29, 0.717) is 73.3 Å². The van der Waals surface area contributed by atoms with E-state index < -0.39 is 11.9 Å². The molecule has 288 valence electrons. The summed E-state index contributed by atoms with van der Waals surface area (Å²) in [4.78, 5) is 57.3. The second kappa shape index (κ2) is 17.9. The third-order valence-electron chi connectivity index (χ3n) is 12.5. The molecule has 9 nitrogen and oxygen atoms in total. The molecule has 0 bridgehead atoms. The summed E-state index contributed by atoms with van der Waals surface area (Å²) < 4.78 is 23.9. The summed E-state index contributed by atoms with van der Waals surface area (Å²) in [6, 6.07) is 12.9. The summed E-state index contributed by atoms with van der Waals surface area (Å²) in [6.45, 7) is 2.22. The minimum atomic E-state index is -0.443. The lowest BCUT2D eigenvalue weighted by Gasteiger charge is -2.31. The first-order valence-corrected chi connectivity index (χ1v) is 20.6. The Morgan fingerprint density at radius 3 is 1.52 bits per heavy atom. The molecule has 0 saturated heterocycles. The van der Waals surface area contributed by atoms with Gasteiger partial charge >= 0.3 is 23.9 Å². The monoisotopic (exact) mass is 737 g/mol. The molecule has 0 aliphatic heterocycles. The zero-order chi connectivity index (χ0) is 37.4. The third kappa shape index (κ3) is 9.32. The number of carbonyl (C=O) groups is 4. The summed E-state index contributed by atoms with van der Waals surface area (Å²) in [5, 5.41) is 1.23. The molecule has 0 atom stereocenters. The molecule has 4 aliphatic rings. The van der Waals surface area contributed by atoms with Crippen molar-refractivity contribution < 1.29 is 38.1 Å². The number of ether oxygens (including phenoxy) is 4. The minimum absolute atomic E-state index is 0.00573. The predicted octanol–water partition coefficient (Wildman–Crippen LogP) is 9.72. The van der Waals surface area contributed by atoms with Gasteiger partial charge in [-0.25, -0.2) is 9.59 Å². The third-order valence-corrected chi connectivity index (χ3v) is 12.5. The Morgan fingerprint density at radius 1 is 0.519 bits per heavy atom. The molecule has 4 fully saturated rings. The lowest BCUT2D eigenvalue weighted by atomic mass is 9.81. The fourth-order valence-electron chi connectivity index (χ4n) is 9.06. The highest BCUT2D eigenvalue weighted by Gasteiger charge is 2.33. The lowest BCUT2D eigenvalue weighted by Crippen LogP contribution is -2.32. The number of esters is 4. The maximum Gasteiger partial charge on any atom is 0.339 e. The van der Waals surface area contributed by atoms with Crippen molar-refractivity contribution in [2.24, 2.45) is 17.8 Å². The van der Waals surface area contributed by atoms with Crippen molar-refractivity contribution in [3.63, 3.8) is 0 Å². The number of pyridine rings is 1. The van der Waals surface area contributed by atoms with E-state index in [1.807, 2.05) is 30.3 Å². The molecule has 9 heteroatoms. The van der Waals surface area contributed by atoms with Gasteiger partial charge in [-0.3, -0.25) is 14.6 Å². The lowest BCUT2D eigenvalue weighted by molar-refractivity contribution is -0.158. The van der Waals surface area contributed by atoms with Crippen LogP contribution in [-0.4, -0.2) is 53.3 Å². The zero-order valence-electron chi connectivity index (χ0n) is 31.7. The molecule has 0 unspecified atom stereocenters. The second-order valence-electron chi connectivity index (χ2n) is 16.1. The quantitative estimate of drug-likeness (QED) is 0.148.